The number of benzene rings is 2. The number of rotatable bonds is 5. The molecule has 0 aromatic heterocycles. The molecule has 160 valence electrons. The first kappa shape index (κ1) is 20.5. The van der Waals surface area contributed by atoms with Crippen LogP contribution >= 0.6 is 0 Å². The van der Waals surface area contributed by atoms with E-state index in [4.69, 9.17) is 14.2 Å². The highest BCUT2D eigenvalue weighted by Crippen LogP contribution is 2.40. The van der Waals surface area contributed by atoms with Crippen molar-refractivity contribution in [2.24, 2.45) is 0 Å². The van der Waals surface area contributed by atoms with Gasteiger partial charge in [-0.15, -0.1) is 0 Å². The Labute approximate surface area is 177 Å². The van der Waals surface area contributed by atoms with E-state index >= 15 is 0 Å². The molecule has 1 heterocycles. The van der Waals surface area contributed by atoms with Crippen LogP contribution in [-0.4, -0.2) is 42.2 Å². The number of hydrogen-bond acceptors (Lipinski definition) is 5. The lowest BCUT2D eigenvalue weighted by atomic mass is 9.73. The molecule has 2 aliphatic rings. The van der Waals surface area contributed by atoms with E-state index in [2.05, 4.69) is 17.4 Å². The van der Waals surface area contributed by atoms with Crippen LogP contribution in [0.15, 0.2) is 48.5 Å². The van der Waals surface area contributed by atoms with Crippen molar-refractivity contribution in [1.29, 1.82) is 0 Å². The molecule has 6 heteroatoms. The van der Waals surface area contributed by atoms with Crippen LogP contribution in [0, 0.1) is 0 Å². The van der Waals surface area contributed by atoms with Gasteiger partial charge < -0.3 is 24.6 Å². The Morgan fingerprint density at radius 2 is 1.60 bits per heavy atom. The second-order valence-electron chi connectivity index (χ2n) is 9.20. The predicted octanol–water partition coefficient (Wildman–Crippen LogP) is 4.14. The fraction of sp³-hybridized carbons (Fsp3) is 0.458. The maximum absolute atomic E-state index is 11.8. The number of carbonyl (C=O) groups is 1. The van der Waals surface area contributed by atoms with Gasteiger partial charge in [-0.3, -0.25) is 0 Å². The molecule has 2 aromatic rings. The van der Waals surface area contributed by atoms with E-state index in [-0.39, 0.29) is 29.4 Å². The van der Waals surface area contributed by atoms with Gasteiger partial charge in [-0.25, -0.2) is 4.79 Å². The average molecular weight is 411 g/mol. The molecule has 30 heavy (non-hydrogen) atoms. The van der Waals surface area contributed by atoms with Gasteiger partial charge in [0.25, 0.3) is 0 Å². The predicted molar refractivity (Wildman–Crippen MR) is 113 cm³/mol. The number of nitrogens with one attached hydrogen (secondary N) is 1. The number of phenols is 1. The molecule has 2 N–H and O–H groups in total. The topological polar surface area (TPSA) is 77.0 Å². The van der Waals surface area contributed by atoms with Crippen LogP contribution in [0.4, 0.5) is 4.79 Å². The summed E-state index contributed by atoms with van der Waals surface area (Å²) in [6.45, 7) is 6.80. The van der Waals surface area contributed by atoms with E-state index in [9.17, 15) is 9.90 Å². The quantitative estimate of drug-likeness (QED) is 0.773. The fourth-order valence-electron chi connectivity index (χ4n) is 3.89. The van der Waals surface area contributed by atoms with Gasteiger partial charge in [-0.2, -0.15) is 0 Å². The van der Waals surface area contributed by atoms with Crippen molar-refractivity contribution in [1.82, 2.24) is 5.32 Å². The number of phenolic OH excluding ortho intramolecular Hbond substituents is 1. The first-order valence-electron chi connectivity index (χ1n) is 10.4. The molecule has 4 rings (SSSR count). The van der Waals surface area contributed by atoms with Gasteiger partial charge in [0.1, 0.15) is 23.2 Å². The third-order valence-electron chi connectivity index (χ3n) is 5.64. The molecule has 2 fully saturated rings. The van der Waals surface area contributed by atoms with Gasteiger partial charge in [-0.1, -0.05) is 24.3 Å². The van der Waals surface area contributed by atoms with E-state index in [0.717, 1.165) is 24.2 Å². The van der Waals surface area contributed by atoms with Crippen molar-refractivity contribution in [3.63, 3.8) is 0 Å². The maximum atomic E-state index is 11.8. The zero-order valence-electron chi connectivity index (χ0n) is 17.7. The highest BCUT2D eigenvalue weighted by Gasteiger charge is 2.42. The Hall–Kier alpha value is -2.73. The Morgan fingerprint density at radius 3 is 2.10 bits per heavy atom. The summed E-state index contributed by atoms with van der Waals surface area (Å²) in [7, 11) is 0. The van der Waals surface area contributed by atoms with Gasteiger partial charge in [0, 0.05) is 18.9 Å². The summed E-state index contributed by atoms with van der Waals surface area (Å²) in [5.41, 5.74) is 1.64. The third-order valence-corrected chi connectivity index (χ3v) is 5.64. The minimum atomic E-state index is -0.492. The number of amides is 1. The van der Waals surface area contributed by atoms with Crippen LogP contribution in [0.2, 0.25) is 0 Å². The lowest BCUT2D eigenvalue weighted by Crippen LogP contribution is -2.50. The van der Waals surface area contributed by atoms with Crippen molar-refractivity contribution in [3.05, 3.63) is 59.7 Å². The summed E-state index contributed by atoms with van der Waals surface area (Å²) in [5.74, 6) is 1.08. The molecule has 1 saturated heterocycles. The number of carbonyl (C=O) groups excluding carboxylic acids is 1. The zero-order valence-corrected chi connectivity index (χ0v) is 17.7. The Morgan fingerprint density at radius 1 is 1.03 bits per heavy atom. The minimum Gasteiger partial charge on any atom is -0.508 e. The van der Waals surface area contributed by atoms with E-state index in [0.29, 0.717) is 13.2 Å². The SMILES string of the molecule is CC(C)(C)OC(=O)NC1CC(Oc2ccc(C3(c4ccc(O)cc4)COC3)cc2)C1. The number of alkyl carbamates (subject to hydrolysis) is 1. The molecular weight excluding hydrogens is 382 g/mol. The number of aromatic hydroxyl groups is 1. The zero-order chi connectivity index (χ0) is 21.4. The summed E-state index contributed by atoms with van der Waals surface area (Å²) in [5, 5.41) is 12.5. The molecule has 0 bridgehead atoms. The molecule has 1 amide bonds. The van der Waals surface area contributed by atoms with E-state index in [1.807, 2.05) is 45.0 Å². The van der Waals surface area contributed by atoms with Crippen molar-refractivity contribution in [2.45, 2.75) is 56.8 Å². The third kappa shape index (κ3) is 4.38. The second kappa shape index (κ2) is 7.84. The molecule has 2 aromatic carbocycles. The molecular formula is C24H29NO5. The highest BCUT2D eigenvalue weighted by molar-refractivity contribution is 5.68. The van der Waals surface area contributed by atoms with Crippen LogP contribution in [0.5, 0.6) is 11.5 Å². The van der Waals surface area contributed by atoms with E-state index in [1.54, 1.807) is 12.1 Å². The van der Waals surface area contributed by atoms with Crippen LogP contribution in [-0.2, 0) is 14.9 Å². The standard InChI is InChI=1S/C24H29NO5/c1-23(2,3)30-22(27)25-18-12-21(13-18)29-20-10-6-17(7-11-20)24(14-28-15-24)16-4-8-19(26)9-5-16/h4-11,18,21,26H,12-15H2,1-3H3,(H,25,27). The van der Waals surface area contributed by atoms with Crippen molar-refractivity contribution < 1.29 is 24.1 Å². The Balaban J connectivity index is 1.32. The van der Waals surface area contributed by atoms with Crippen molar-refractivity contribution in [3.8, 4) is 11.5 Å². The maximum Gasteiger partial charge on any atom is 0.407 e. The first-order valence-corrected chi connectivity index (χ1v) is 10.4. The molecule has 0 spiro atoms. The molecule has 1 saturated carbocycles. The van der Waals surface area contributed by atoms with Gasteiger partial charge in [-0.05, 0) is 56.2 Å². The van der Waals surface area contributed by atoms with Crippen LogP contribution in [0.25, 0.3) is 0 Å². The van der Waals surface area contributed by atoms with Crippen LogP contribution in [0.1, 0.15) is 44.7 Å². The summed E-state index contributed by atoms with van der Waals surface area (Å²) >= 11 is 0. The number of hydrogen-bond donors (Lipinski definition) is 2. The lowest BCUT2D eigenvalue weighted by molar-refractivity contribution is -0.0380. The largest absolute Gasteiger partial charge is 0.508 e. The monoisotopic (exact) mass is 411 g/mol. The van der Waals surface area contributed by atoms with Gasteiger partial charge in [0.15, 0.2) is 0 Å². The molecule has 1 aliphatic heterocycles. The summed E-state index contributed by atoms with van der Waals surface area (Å²) in [4.78, 5) is 11.8. The lowest BCUT2D eigenvalue weighted by Gasteiger charge is -2.42. The first-order chi connectivity index (χ1) is 14.2. The molecule has 0 atom stereocenters. The number of ether oxygens (including phenoxy) is 3. The van der Waals surface area contributed by atoms with Gasteiger partial charge in [0.2, 0.25) is 0 Å². The van der Waals surface area contributed by atoms with Crippen LogP contribution in [0.3, 0.4) is 0 Å². The Bertz CT molecular complexity index is 875. The molecule has 0 unspecified atom stereocenters. The van der Waals surface area contributed by atoms with E-state index in [1.165, 1.54) is 5.56 Å². The molecule has 6 nitrogen and oxygen atoms in total. The van der Waals surface area contributed by atoms with Gasteiger partial charge >= 0.3 is 6.09 Å². The molecule has 0 radical (unpaired) electrons. The van der Waals surface area contributed by atoms with Crippen LogP contribution < -0.4 is 10.1 Å². The summed E-state index contributed by atoms with van der Waals surface area (Å²) in [6.07, 6.45) is 1.25. The molecule has 1 aliphatic carbocycles. The van der Waals surface area contributed by atoms with Gasteiger partial charge in [0.05, 0.1) is 18.6 Å². The summed E-state index contributed by atoms with van der Waals surface area (Å²) in [6, 6.07) is 15.6. The van der Waals surface area contributed by atoms with E-state index < -0.39 is 5.60 Å². The average Bonchev–Trinajstić information content (AvgIpc) is 2.60. The smallest absolute Gasteiger partial charge is 0.407 e. The Kier molecular flexibility index (Phi) is 5.36. The van der Waals surface area contributed by atoms with Crippen molar-refractivity contribution in [2.75, 3.05) is 13.2 Å². The normalized spacial score (nSPS) is 22.4. The minimum absolute atomic E-state index is 0.0916. The summed E-state index contributed by atoms with van der Waals surface area (Å²) < 4.78 is 16.9. The highest BCUT2D eigenvalue weighted by atomic mass is 16.6. The fourth-order valence-corrected chi connectivity index (χ4v) is 3.89. The van der Waals surface area contributed by atoms with Crippen molar-refractivity contribution >= 4 is 6.09 Å². The second-order valence-corrected chi connectivity index (χ2v) is 9.20.